The van der Waals surface area contributed by atoms with E-state index in [1.807, 2.05) is 0 Å². The number of hydrogen-bond donors (Lipinski definition) is 2. The van der Waals surface area contributed by atoms with E-state index < -0.39 is 20.7 Å². The Labute approximate surface area is 114 Å². The molecule has 6 nitrogen and oxygen atoms in total. The molecule has 0 spiro atoms. The molecule has 1 aromatic heterocycles. The molecule has 0 aliphatic heterocycles. The third-order valence-corrected chi connectivity index (χ3v) is 4.71. The van der Waals surface area contributed by atoms with E-state index in [2.05, 4.69) is 30.2 Å². The summed E-state index contributed by atoms with van der Waals surface area (Å²) in [6.07, 6.45) is 1.22. The van der Waals surface area contributed by atoms with Crippen LogP contribution in [0.3, 0.4) is 0 Å². The number of nitrogen functional groups attached to an aromatic ring is 1. The molecule has 1 heterocycles. The van der Waals surface area contributed by atoms with Gasteiger partial charge in [-0.2, -0.15) is 0 Å². The maximum Gasteiger partial charge on any atom is 0.265 e. The average molecular weight is 353 g/mol. The van der Waals surface area contributed by atoms with E-state index in [4.69, 9.17) is 5.73 Å². The van der Waals surface area contributed by atoms with Crippen LogP contribution in [-0.2, 0) is 10.0 Å². The SMILES string of the molecule is Nc1cc(S(=O)(=O)Nc2cnns2)c(F)cc1Br. The molecule has 3 N–H and O–H groups in total. The van der Waals surface area contributed by atoms with E-state index in [0.29, 0.717) is 4.47 Å². The first-order valence-corrected chi connectivity index (χ1v) is 7.50. The van der Waals surface area contributed by atoms with Crippen LogP contribution in [0, 0.1) is 5.82 Å². The number of halogens is 2. The largest absolute Gasteiger partial charge is 0.398 e. The molecule has 0 unspecified atom stereocenters. The first kappa shape index (κ1) is 13.2. The molecule has 0 atom stereocenters. The average Bonchev–Trinajstić information content (AvgIpc) is 2.75. The third-order valence-electron chi connectivity index (χ3n) is 1.94. The second kappa shape index (κ2) is 4.78. The molecular weight excluding hydrogens is 347 g/mol. The molecule has 0 saturated carbocycles. The van der Waals surface area contributed by atoms with Crippen LogP contribution in [-0.4, -0.2) is 18.0 Å². The normalized spacial score (nSPS) is 11.4. The standard InChI is InChI=1S/C8H6BrFN4O2S2/c9-4-1-5(10)7(2-6(4)11)18(15,16)13-8-3-12-14-17-8/h1-3,13H,11H2. The van der Waals surface area contributed by atoms with Crippen molar-refractivity contribution < 1.29 is 12.8 Å². The van der Waals surface area contributed by atoms with Gasteiger partial charge in [0.15, 0.2) is 0 Å². The van der Waals surface area contributed by atoms with Crippen molar-refractivity contribution >= 4 is 48.2 Å². The number of rotatable bonds is 3. The van der Waals surface area contributed by atoms with E-state index in [1.165, 1.54) is 6.20 Å². The fourth-order valence-electron chi connectivity index (χ4n) is 1.15. The number of hydrogen-bond acceptors (Lipinski definition) is 6. The molecule has 0 aliphatic rings. The Hall–Kier alpha value is -1.26. The molecule has 0 saturated heterocycles. The molecule has 0 radical (unpaired) electrons. The molecule has 2 aromatic rings. The number of nitrogens with one attached hydrogen (secondary N) is 1. The summed E-state index contributed by atoms with van der Waals surface area (Å²) in [5.74, 6) is -0.902. The number of sulfonamides is 1. The molecule has 0 fully saturated rings. The highest BCUT2D eigenvalue weighted by Gasteiger charge is 2.21. The van der Waals surface area contributed by atoms with Crippen LogP contribution >= 0.6 is 27.5 Å². The molecule has 0 bridgehead atoms. The zero-order chi connectivity index (χ0) is 13.3. The van der Waals surface area contributed by atoms with Crippen LogP contribution < -0.4 is 10.5 Å². The summed E-state index contributed by atoms with van der Waals surface area (Å²) in [6.45, 7) is 0. The number of aromatic nitrogens is 2. The second-order valence-corrected chi connectivity index (χ2v) is 6.48. The molecule has 0 aliphatic carbocycles. The molecule has 2 rings (SSSR count). The highest BCUT2D eigenvalue weighted by Crippen LogP contribution is 2.27. The van der Waals surface area contributed by atoms with Crippen LogP contribution in [0.5, 0.6) is 0 Å². The van der Waals surface area contributed by atoms with Crippen molar-refractivity contribution in [2.24, 2.45) is 0 Å². The summed E-state index contributed by atoms with van der Waals surface area (Å²) in [7, 11) is -4.05. The molecule has 1 aromatic carbocycles. The smallest absolute Gasteiger partial charge is 0.265 e. The Morgan fingerprint density at radius 1 is 1.44 bits per heavy atom. The predicted molar refractivity (Wildman–Crippen MR) is 69.2 cm³/mol. The van der Waals surface area contributed by atoms with Gasteiger partial charge in [-0.15, -0.1) is 5.10 Å². The van der Waals surface area contributed by atoms with Crippen LogP contribution in [0.2, 0.25) is 0 Å². The highest BCUT2D eigenvalue weighted by atomic mass is 79.9. The van der Waals surface area contributed by atoms with Crippen LogP contribution in [0.4, 0.5) is 15.1 Å². The van der Waals surface area contributed by atoms with Gasteiger partial charge < -0.3 is 5.73 Å². The Kier molecular flexibility index (Phi) is 3.50. The number of benzene rings is 1. The number of nitrogens with two attached hydrogens (primary N) is 1. The highest BCUT2D eigenvalue weighted by molar-refractivity contribution is 9.10. The second-order valence-electron chi connectivity index (χ2n) is 3.19. The minimum Gasteiger partial charge on any atom is -0.398 e. The lowest BCUT2D eigenvalue weighted by atomic mass is 10.3. The molecular formula is C8H6BrFN4O2S2. The Morgan fingerprint density at radius 3 is 2.78 bits per heavy atom. The summed E-state index contributed by atoms with van der Waals surface area (Å²) in [4.78, 5) is -0.531. The van der Waals surface area contributed by atoms with Crippen LogP contribution in [0.1, 0.15) is 0 Å². The van der Waals surface area contributed by atoms with E-state index >= 15 is 0 Å². The summed E-state index contributed by atoms with van der Waals surface area (Å²) in [5, 5.41) is 3.66. The van der Waals surface area contributed by atoms with Crippen molar-refractivity contribution in [1.82, 2.24) is 9.59 Å². The van der Waals surface area contributed by atoms with Crippen molar-refractivity contribution in [1.29, 1.82) is 0 Å². The van der Waals surface area contributed by atoms with Gasteiger partial charge in [-0.1, -0.05) is 4.49 Å². The number of nitrogens with zero attached hydrogens (tertiary/aromatic N) is 2. The van der Waals surface area contributed by atoms with E-state index in [0.717, 1.165) is 23.7 Å². The monoisotopic (exact) mass is 352 g/mol. The predicted octanol–water partition coefficient (Wildman–Crippen LogP) is 1.82. The Morgan fingerprint density at radius 2 is 2.17 bits per heavy atom. The lowest BCUT2D eigenvalue weighted by molar-refractivity contribution is 0.570. The molecule has 96 valence electrons. The van der Waals surface area contributed by atoms with E-state index in [1.54, 1.807) is 0 Å². The van der Waals surface area contributed by atoms with Gasteiger partial charge in [-0.25, -0.2) is 12.8 Å². The minimum absolute atomic E-state index is 0.124. The van der Waals surface area contributed by atoms with Crippen LogP contribution in [0.15, 0.2) is 27.7 Å². The summed E-state index contributed by atoms with van der Waals surface area (Å²) < 4.78 is 43.4. The van der Waals surface area contributed by atoms with Gasteiger partial charge >= 0.3 is 0 Å². The fourth-order valence-corrected chi connectivity index (χ4v) is 3.25. The van der Waals surface area contributed by atoms with Gasteiger partial charge in [0.1, 0.15) is 15.7 Å². The van der Waals surface area contributed by atoms with Gasteiger partial charge in [0.05, 0.1) is 6.20 Å². The first-order valence-electron chi connectivity index (χ1n) is 4.45. The molecule has 18 heavy (non-hydrogen) atoms. The van der Waals surface area contributed by atoms with Gasteiger partial charge in [-0.3, -0.25) is 4.72 Å². The van der Waals surface area contributed by atoms with Crippen molar-refractivity contribution in [2.75, 3.05) is 10.5 Å². The molecule has 10 heteroatoms. The molecule has 0 amide bonds. The Balaban J connectivity index is 2.44. The van der Waals surface area contributed by atoms with Crippen molar-refractivity contribution in [2.45, 2.75) is 4.90 Å². The lowest BCUT2D eigenvalue weighted by Crippen LogP contribution is -2.14. The Bertz CT molecular complexity index is 675. The first-order chi connectivity index (χ1) is 8.40. The zero-order valence-corrected chi connectivity index (χ0v) is 11.8. The minimum atomic E-state index is -4.05. The van der Waals surface area contributed by atoms with Gasteiger partial charge in [0.25, 0.3) is 10.0 Å². The van der Waals surface area contributed by atoms with Gasteiger partial charge in [0, 0.05) is 21.7 Å². The maximum absolute atomic E-state index is 13.6. The summed E-state index contributed by atoms with van der Waals surface area (Å²) in [5.41, 5.74) is 5.66. The summed E-state index contributed by atoms with van der Waals surface area (Å²) >= 11 is 3.85. The van der Waals surface area contributed by atoms with E-state index in [9.17, 15) is 12.8 Å². The number of anilines is 2. The third kappa shape index (κ3) is 2.60. The summed E-state index contributed by atoms with van der Waals surface area (Å²) in [6, 6.07) is 2.03. The lowest BCUT2D eigenvalue weighted by Gasteiger charge is -2.08. The van der Waals surface area contributed by atoms with Gasteiger partial charge in [-0.05, 0) is 28.1 Å². The maximum atomic E-state index is 13.6. The zero-order valence-electron chi connectivity index (χ0n) is 8.59. The topological polar surface area (TPSA) is 98.0 Å². The van der Waals surface area contributed by atoms with Crippen LogP contribution in [0.25, 0.3) is 0 Å². The van der Waals surface area contributed by atoms with Gasteiger partial charge in [0.2, 0.25) is 0 Å². The van der Waals surface area contributed by atoms with E-state index in [-0.39, 0.29) is 10.7 Å². The van der Waals surface area contributed by atoms with Crippen molar-refractivity contribution in [3.05, 3.63) is 28.6 Å². The van der Waals surface area contributed by atoms with Crippen molar-refractivity contribution in [3.63, 3.8) is 0 Å². The quantitative estimate of drug-likeness (QED) is 0.821. The van der Waals surface area contributed by atoms with Crippen molar-refractivity contribution in [3.8, 4) is 0 Å². The fraction of sp³-hybridized carbons (Fsp3) is 0.